The van der Waals surface area contributed by atoms with Gasteiger partial charge < -0.3 is 5.32 Å². The van der Waals surface area contributed by atoms with Crippen LogP contribution in [0, 0.1) is 5.41 Å². The van der Waals surface area contributed by atoms with Crippen molar-refractivity contribution in [3.63, 3.8) is 0 Å². The summed E-state index contributed by atoms with van der Waals surface area (Å²) in [6.45, 7) is 10.7. The van der Waals surface area contributed by atoms with Crippen molar-refractivity contribution >= 4 is 11.0 Å². The van der Waals surface area contributed by atoms with Gasteiger partial charge in [-0.3, -0.25) is 0 Å². The first kappa shape index (κ1) is 14.5. The van der Waals surface area contributed by atoms with Crippen LogP contribution in [0.25, 0.3) is 0 Å². The molecule has 0 amide bonds. The molecule has 2 N–H and O–H groups in total. The summed E-state index contributed by atoms with van der Waals surface area (Å²) in [4.78, 5) is 0. The summed E-state index contributed by atoms with van der Waals surface area (Å²) < 4.78 is 15.8. The minimum Gasteiger partial charge on any atom is -0.317 e. The highest BCUT2D eigenvalue weighted by molar-refractivity contribution is 7.84. The summed E-state index contributed by atoms with van der Waals surface area (Å²) in [5, 5.41) is 3.45. The second-order valence-electron chi connectivity index (χ2n) is 7.20. The smallest absolute Gasteiger partial charge is 0.0975 e. The van der Waals surface area contributed by atoms with Crippen LogP contribution in [-0.4, -0.2) is 27.6 Å². The molecule has 2 fully saturated rings. The van der Waals surface area contributed by atoms with Crippen molar-refractivity contribution in [2.45, 2.75) is 70.1 Å². The van der Waals surface area contributed by atoms with E-state index in [0.717, 1.165) is 19.5 Å². The first-order valence-electron chi connectivity index (χ1n) is 7.20. The van der Waals surface area contributed by atoms with Crippen LogP contribution < -0.4 is 10.0 Å². The average molecular weight is 272 g/mol. The number of hydrogen-bond donors (Lipinski definition) is 2. The van der Waals surface area contributed by atoms with Crippen LogP contribution in [0.4, 0.5) is 0 Å². The lowest BCUT2D eigenvalue weighted by Gasteiger charge is -2.47. The molecule has 18 heavy (non-hydrogen) atoms. The molecule has 0 aromatic carbocycles. The van der Waals surface area contributed by atoms with Gasteiger partial charge in [0.25, 0.3) is 0 Å². The van der Waals surface area contributed by atoms with Gasteiger partial charge in [-0.25, -0.2) is 8.93 Å². The van der Waals surface area contributed by atoms with Crippen molar-refractivity contribution in [3.05, 3.63) is 0 Å². The summed E-state index contributed by atoms with van der Waals surface area (Å²) >= 11 is 0. The quantitative estimate of drug-likeness (QED) is 0.810. The fourth-order valence-corrected chi connectivity index (χ4v) is 4.58. The molecule has 1 saturated carbocycles. The van der Waals surface area contributed by atoms with E-state index < -0.39 is 11.0 Å². The van der Waals surface area contributed by atoms with E-state index in [1.807, 2.05) is 20.8 Å². The van der Waals surface area contributed by atoms with Crippen molar-refractivity contribution in [1.29, 1.82) is 0 Å². The average Bonchev–Trinajstić information content (AvgIpc) is 2.56. The molecule has 1 aliphatic heterocycles. The summed E-state index contributed by atoms with van der Waals surface area (Å²) in [7, 11) is -0.965. The van der Waals surface area contributed by atoms with Crippen LogP contribution in [0.3, 0.4) is 0 Å². The molecular weight excluding hydrogens is 244 g/mol. The van der Waals surface area contributed by atoms with E-state index in [2.05, 4.69) is 17.0 Å². The van der Waals surface area contributed by atoms with Crippen molar-refractivity contribution in [3.8, 4) is 0 Å². The second-order valence-corrected chi connectivity index (χ2v) is 9.17. The lowest BCUT2D eigenvalue weighted by Crippen LogP contribution is -2.58. The Kier molecular flexibility index (Phi) is 3.92. The van der Waals surface area contributed by atoms with E-state index in [9.17, 15) is 4.21 Å². The molecule has 4 heteroatoms. The highest BCUT2D eigenvalue weighted by atomic mass is 32.2. The standard InChI is InChI=1S/C14H28N2OS/c1-12(2,3)18(17)16-13(4)6-5-7-14(13)8-10-15-11-9-14/h15-16H,5-11H2,1-4H3/t13?,18-/m0/s1. The minimum absolute atomic E-state index is 0.0489. The maximum atomic E-state index is 12.4. The van der Waals surface area contributed by atoms with Gasteiger partial charge in [-0.1, -0.05) is 6.42 Å². The molecule has 2 aliphatic rings. The predicted molar refractivity (Wildman–Crippen MR) is 77.8 cm³/mol. The summed E-state index contributed by atoms with van der Waals surface area (Å²) in [5.74, 6) is 0. The molecule has 0 aromatic rings. The SMILES string of the molecule is CC(C)(C)[S@](=O)NC1(C)CCCC12CCNCC2. The molecule has 1 aliphatic carbocycles. The number of rotatable bonds is 2. The Hall–Kier alpha value is 0.0700. The maximum absolute atomic E-state index is 12.4. The molecule has 1 spiro atoms. The van der Waals surface area contributed by atoms with Gasteiger partial charge in [0.05, 0.1) is 15.7 Å². The van der Waals surface area contributed by atoms with E-state index in [-0.39, 0.29) is 10.3 Å². The predicted octanol–water partition coefficient (Wildman–Crippen LogP) is 2.35. The summed E-state index contributed by atoms with van der Waals surface area (Å²) in [5.41, 5.74) is 0.409. The Morgan fingerprint density at radius 1 is 1.11 bits per heavy atom. The first-order chi connectivity index (χ1) is 8.29. The van der Waals surface area contributed by atoms with Gasteiger partial charge in [0.1, 0.15) is 0 Å². The lowest BCUT2D eigenvalue weighted by atomic mass is 9.67. The fraction of sp³-hybridized carbons (Fsp3) is 1.00. The molecule has 2 atom stereocenters. The third-order valence-electron chi connectivity index (χ3n) is 4.94. The fourth-order valence-electron chi connectivity index (χ4n) is 3.55. The van der Waals surface area contributed by atoms with E-state index in [4.69, 9.17) is 0 Å². The molecule has 1 heterocycles. The summed E-state index contributed by atoms with van der Waals surface area (Å²) in [6, 6.07) is 0. The lowest BCUT2D eigenvalue weighted by molar-refractivity contribution is 0.108. The van der Waals surface area contributed by atoms with Gasteiger partial charge in [-0.05, 0) is 71.9 Å². The van der Waals surface area contributed by atoms with Crippen molar-refractivity contribution in [2.24, 2.45) is 5.41 Å². The zero-order chi connectivity index (χ0) is 13.4. The van der Waals surface area contributed by atoms with Crippen molar-refractivity contribution in [2.75, 3.05) is 13.1 Å². The second kappa shape index (κ2) is 4.88. The monoisotopic (exact) mass is 272 g/mol. The molecule has 0 bridgehead atoms. The van der Waals surface area contributed by atoms with Crippen LogP contribution in [0.2, 0.25) is 0 Å². The highest BCUT2D eigenvalue weighted by Crippen LogP contribution is 2.52. The van der Waals surface area contributed by atoms with Crippen molar-refractivity contribution in [1.82, 2.24) is 10.0 Å². The van der Waals surface area contributed by atoms with Crippen LogP contribution in [-0.2, 0) is 11.0 Å². The van der Waals surface area contributed by atoms with E-state index in [1.165, 1.54) is 25.7 Å². The van der Waals surface area contributed by atoms with Gasteiger partial charge >= 0.3 is 0 Å². The van der Waals surface area contributed by atoms with Crippen LogP contribution in [0.15, 0.2) is 0 Å². The Morgan fingerprint density at radius 2 is 1.72 bits per heavy atom. The van der Waals surface area contributed by atoms with Crippen LogP contribution in [0.1, 0.15) is 59.8 Å². The molecule has 1 saturated heterocycles. The summed E-state index contributed by atoms with van der Waals surface area (Å²) in [6.07, 6.45) is 6.16. The topological polar surface area (TPSA) is 41.1 Å². The van der Waals surface area contributed by atoms with Crippen LogP contribution >= 0.6 is 0 Å². The molecule has 0 aromatic heterocycles. The molecular formula is C14H28N2OS. The first-order valence-corrected chi connectivity index (χ1v) is 8.35. The molecule has 106 valence electrons. The Balaban J connectivity index is 2.16. The third kappa shape index (κ3) is 2.52. The molecule has 3 nitrogen and oxygen atoms in total. The van der Waals surface area contributed by atoms with Gasteiger partial charge in [0.15, 0.2) is 0 Å². The molecule has 0 radical (unpaired) electrons. The Morgan fingerprint density at radius 3 is 2.28 bits per heavy atom. The van der Waals surface area contributed by atoms with E-state index in [1.54, 1.807) is 0 Å². The molecule has 1 unspecified atom stereocenters. The zero-order valence-electron chi connectivity index (χ0n) is 12.3. The largest absolute Gasteiger partial charge is 0.317 e. The Bertz CT molecular complexity index is 331. The normalized spacial score (nSPS) is 33.8. The van der Waals surface area contributed by atoms with Gasteiger partial charge in [0.2, 0.25) is 0 Å². The number of hydrogen-bond acceptors (Lipinski definition) is 2. The van der Waals surface area contributed by atoms with Gasteiger partial charge in [-0.15, -0.1) is 0 Å². The van der Waals surface area contributed by atoms with E-state index in [0.29, 0.717) is 5.41 Å². The number of piperidine rings is 1. The number of nitrogens with one attached hydrogen (secondary N) is 2. The third-order valence-corrected chi connectivity index (χ3v) is 6.69. The maximum Gasteiger partial charge on any atom is 0.0975 e. The minimum atomic E-state index is -0.965. The Labute approximate surface area is 114 Å². The van der Waals surface area contributed by atoms with Gasteiger partial charge in [-0.2, -0.15) is 0 Å². The molecule has 2 rings (SSSR count). The van der Waals surface area contributed by atoms with Gasteiger partial charge in [0, 0.05) is 5.54 Å². The van der Waals surface area contributed by atoms with Crippen molar-refractivity contribution < 1.29 is 4.21 Å². The van der Waals surface area contributed by atoms with E-state index >= 15 is 0 Å². The zero-order valence-corrected chi connectivity index (χ0v) is 13.1. The van der Waals surface area contributed by atoms with Crippen LogP contribution in [0.5, 0.6) is 0 Å². The highest BCUT2D eigenvalue weighted by Gasteiger charge is 2.52.